The van der Waals surface area contributed by atoms with Gasteiger partial charge in [-0.3, -0.25) is 0 Å². The molecule has 0 unspecified atom stereocenters. The Morgan fingerprint density at radius 2 is 1.86 bits per heavy atom. The molecule has 0 bridgehead atoms. The predicted molar refractivity (Wildman–Crippen MR) is 83.4 cm³/mol. The van der Waals surface area contributed by atoms with Crippen LogP contribution in [0, 0.1) is 0 Å². The van der Waals surface area contributed by atoms with Crippen LogP contribution < -0.4 is 4.74 Å². The maximum absolute atomic E-state index is 11.4. The second-order valence-corrected chi connectivity index (χ2v) is 7.37. The Hall–Kier alpha value is -1.47. The summed E-state index contributed by atoms with van der Waals surface area (Å²) < 4.78 is 29.1. The number of halogens is 1. The molecule has 0 aliphatic carbocycles. The average molecular weight is 371 g/mol. The molecule has 112 valence electrons. The molecule has 5 nitrogen and oxygen atoms in total. The number of hydrogen-bond donors (Lipinski definition) is 0. The Labute approximate surface area is 132 Å². The summed E-state index contributed by atoms with van der Waals surface area (Å²) in [5.41, 5.74) is 0. The number of rotatable bonds is 5. The topological polar surface area (TPSA) is 69.2 Å². The molecule has 0 saturated carbocycles. The van der Waals surface area contributed by atoms with Crippen molar-refractivity contribution in [3.63, 3.8) is 0 Å². The van der Waals surface area contributed by atoms with Crippen LogP contribution in [0.25, 0.3) is 0 Å². The quantitative estimate of drug-likeness (QED) is 0.754. The third-order valence-corrected chi connectivity index (χ3v) is 4.20. The molecule has 0 radical (unpaired) electrons. The van der Waals surface area contributed by atoms with Crippen LogP contribution in [0.15, 0.2) is 39.8 Å². The van der Waals surface area contributed by atoms with E-state index in [0.29, 0.717) is 22.1 Å². The number of aryl methyl sites for hydroxylation is 1. The van der Waals surface area contributed by atoms with E-state index in [0.717, 1.165) is 12.8 Å². The minimum absolute atomic E-state index is 0.255. The van der Waals surface area contributed by atoms with Gasteiger partial charge in [-0.15, -0.1) is 0 Å². The highest BCUT2D eigenvalue weighted by molar-refractivity contribution is 9.10. The van der Waals surface area contributed by atoms with Crippen molar-refractivity contribution in [1.82, 2.24) is 9.97 Å². The van der Waals surface area contributed by atoms with Gasteiger partial charge in [0, 0.05) is 18.7 Å². The first-order valence-corrected chi connectivity index (χ1v) is 9.08. The SMILES string of the molecule is CCCc1nc(Br)cc(Oc2ccc(S(C)(=O)=O)cc2)n1. The van der Waals surface area contributed by atoms with E-state index >= 15 is 0 Å². The Morgan fingerprint density at radius 1 is 1.19 bits per heavy atom. The molecule has 0 spiro atoms. The van der Waals surface area contributed by atoms with Crippen LogP contribution >= 0.6 is 15.9 Å². The fourth-order valence-corrected chi connectivity index (χ4v) is 2.74. The number of hydrogen-bond acceptors (Lipinski definition) is 5. The molecule has 0 fully saturated rings. The molecular weight excluding hydrogens is 356 g/mol. The minimum Gasteiger partial charge on any atom is -0.439 e. The summed E-state index contributed by atoms with van der Waals surface area (Å²) in [6.07, 6.45) is 2.88. The van der Waals surface area contributed by atoms with Gasteiger partial charge in [0.2, 0.25) is 5.88 Å². The van der Waals surface area contributed by atoms with E-state index < -0.39 is 9.84 Å². The molecule has 0 aliphatic rings. The number of ether oxygens (including phenoxy) is 1. The van der Waals surface area contributed by atoms with Crippen molar-refractivity contribution in [2.45, 2.75) is 24.7 Å². The highest BCUT2D eigenvalue weighted by Crippen LogP contribution is 2.23. The van der Waals surface area contributed by atoms with E-state index in [1.807, 2.05) is 0 Å². The van der Waals surface area contributed by atoms with Gasteiger partial charge in [0.05, 0.1) is 4.90 Å². The van der Waals surface area contributed by atoms with Gasteiger partial charge in [0.1, 0.15) is 16.2 Å². The number of nitrogens with zero attached hydrogens (tertiary/aromatic N) is 2. The monoisotopic (exact) mass is 370 g/mol. The highest BCUT2D eigenvalue weighted by Gasteiger charge is 2.08. The summed E-state index contributed by atoms with van der Waals surface area (Å²) in [7, 11) is -3.20. The van der Waals surface area contributed by atoms with Crippen LogP contribution in [0.1, 0.15) is 19.2 Å². The van der Waals surface area contributed by atoms with Gasteiger partial charge in [0.25, 0.3) is 0 Å². The van der Waals surface area contributed by atoms with Crippen LogP contribution in [0.3, 0.4) is 0 Å². The van der Waals surface area contributed by atoms with E-state index in [-0.39, 0.29) is 4.90 Å². The van der Waals surface area contributed by atoms with Crippen molar-refractivity contribution in [3.8, 4) is 11.6 Å². The maximum Gasteiger partial charge on any atom is 0.223 e. The van der Waals surface area contributed by atoms with E-state index in [9.17, 15) is 8.42 Å². The summed E-state index contributed by atoms with van der Waals surface area (Å²) in [6.45, 7) is 2.05. The van der Waals surface area contributed by atoms with Crippen LogP contribution in [-0.4, -0.2) is 24.6 Å². The Bertz CT molecular complexity index is 730. The second-order valence-electron chi connectivity index (χ2n) is 4.54. The number of sulfone groups is 1. The molecule has 0 amide bonds. The second kappa shape index (κ2) is 6.53. The first-order valence-electron chi connectivity index (χ1n) is 6.40. The van der Waals surface area contributed by atoms with Crippen molar-refractivity contribution in [3.05, 3.63) is 40.8 Å². The van der Waals surface area contributed by atoms with Crippen molar-refractivity contribution in [1.29, 1.82) is 0 Å². The molecule has 0 N–H and O–H groups in total. The minimum atomic E-state index is -3.20. The molecule has 0 atom stereocenters. The van der Waals surface area contributed by atoms with Gasteiger partial charge < -0.3 is 4.74 Å². The molecular formula is C14H15BrN2O3S. The summed E-state index contributed by atoms with van der Waals surface area (Å²) in [4.78, 5) is 8.82. The Balaban J connectivity index is 2.22. The lowest BCUT2D eigenvalue weighted by Crippen LogP contribution is -1.99. The highest BCUT2D eigenvalue weighted by atomic mass is 79.9. The number of aromatic nitrogens is 2. The van der Waals surface area contributed by atoms with Gasteiger partial charge in [-0.05, 0) is 46.6 Å². The van der Waals surface area contributed by atoms with Gasteiger partial charge in [-0.2, -0.15) is 4.98 Å². The Morgan fingerprint density at radius 3 is 2.43 bits per heavy atom. The summed E-state index contributed by atoms with van der Waals surface area (Å²) in [6, 6.07) is 7.89. The number of benzene rings is 1. The van der Waals surface area contributed by atoms with Crippen LogP contribution in [-0.2, 0) is 16.3 Å². The van der Waals surface area contributed by atoms with Crippen LogP contribution in [0.5, 0.6) is 11.6 Å². The molecule has 0 saturated heterocycles. The first-order chi connectivity index (χ1) is 9.88. The van der Waals surface area contributed by atoms with Gasteiger partial charge in [-0.25, -0.2) is 13.4 Å². The van der Waals surface area contributed by atoms with E-state index in [2.05, 4.69) is 32.8 Å². The summed E-state index contributed by atoms with van der Waals surface area (Å²) in [5.74, 6) is 1.65. The fourth-order valence-electron chi connectivity index (χ4n) is 1.71. The standard InChI is InChI=1S/C14H15BrN2O3S/c1-3-4-13-16-12(15)9-14(17-13)20-10-5-7-11(8-6-10)21(2,18)19/h5-9H,3-4H2,1-2H3. The maximum atomic E-state index is 11.4. The van der Waals surface area contributed by atoms with E-state index in [4.69, 9.17) is 4.74 Å². The molecule has 21 heavy (non-hydrogen) atoms. The summed E-state index contributed by atoms with van der Waals surface area (Å²) in [5, 5.41) is 0. The molecule has 1 aromatic heterocycles. The third kappa shape index (κ3) is 4.50. The van der Waals surface area contributed by atoms with E-state index in [1.54, 1.807) is 18.2 Å². The molecule has 2 aromatic rings. The zero-order chi connectivity index (χ0) is 15.5. The first kappa shape index (κ1) is 15.9. The third-order valence-electron chi connectivity index (χ3n) is 2.67. The molecule has 1 heterocycles. The molecule has 2 rings (SSSR count). The van der Waals surface area contributed by atoms with E-state index in [1.165, 1.54) is 18.4 Å². The van der Waals surface area contributed by atoms with Crippen LogP contribution in [0.4, 0.5) is 0 Å². The lowest BCUT2D eigenvalue weighted by atomic mass is 10.3. The molecule has 1 aromatic carbocycles. The van der Waals surface area contributed by atoms with Gasteiger partial charge in [-0.1, -0.05) is 6.92 Å². The largest absolute Gasteiger partial charge is 0.439 e. The lowest BCUT2D eigenvalue weighted by molar-refractivity contribution is 0.457. The van der Waals surface area contributed by atoms with Crippen LogP contribution in [0.2, 0.25) is 0 Å². The fraction of sp³-hybridized carbons (Fsp3) is 0.286. The molecule has 7 heteroatoms. The molecule has 0 aliphatic heterocycles. The zero-order valence-corrected chi connectivity index (χ0v) is 14.1. The smallest absolute Gasteiger partial charge is 0.223 e. The van der Waals surface area contributed by atoms with Crippen molar-refractivity contribution in [2.24, 2.45) is 0 Å². The summed E-state index contributed by atoms with van der Waals surface area (Å²) >= 11 is 3.32. The van der Waals surface area contributed by atoms with Crippen molar-refractivity contribution >= 4 is 25.8 Å². The van der Waals surface area contributed by atoms with Gasteiger partial charge >= 0.3 is 0 Å². The normalized spacial score (nSPS) is 11.4. The Kier molecular flexibility index (Phi) is 4.95. The van der Waals surface area contributed by atoms with Gasteiger partial charge in [0.15, 0.2) is 9.84 Å². The van der Waals surface area contributed by atoms with Crippen molar-refractivity contribution < 1.29 is 13.2 Å². The predicted octanol–water partition coefficient (Wildman–Crippen LogP) is 3.39. The van der Waals surface area contributed by atoms with Crippen molar-refractivity contribution in [2.75, 3.05) is 6.26 Å². The lowest BCUT2D eigenvalue weighted by Gasteiger charge is -2.07. The average Bonchev–Trinajstić information content (AvgIpc) is 2.38. The zero-order valence-electron chi connectivity index (χ0n) is 11.7.